The smallest absolute Gasteiger partial charge is 0.339 e. The van der Waals surface area contributed by atoms with E-state index in [9.17, 15) is 4.79 Å². The molecule has 3 nitrogen and oxygen atoms in total. The summed E-state index contributed by atoms with van der Waals surface area (Å²) in [5.74, 6) is 0.239. The van der Waals surface area contributed by atoms with E-state index in [2.05, 4.69) is 4.98 Å². The maximum Gasteiger partial charge on any atom is 0.339 e. The van der Waals surface area contributed by atoms with Gasteiger partial charge in [-0.15, -0.1) is 0 Å². The summed E-state index contributed by atoms with van der Waals surface area (Å²) in [6.07, 6.45) is 3.96. The van der Waals surface area contributed by atoms with Gasteiger partial charge in [-0.3, -0.25) is 4.98 Å². The molecule has 1 heterocycles. The van der Waals surface area contributed by atoms with Crippen LogP contribution in [0.25, 0.3) is 10.9 Å². The first-order valence-corrected chi connectivity index (χ1v) is 6.83. The summed E-state index contributed by atoms with van der Waals surface area (Å²) in [5, 5.41) is 1.64. The largest absolute Gasteiger partial charge is 0.462 e. The van der Waals surface area contributed by atoms with Crippen molar-refractivity contribution in [2.45, 2.75) is 25.7 Å². The van der Waals surface area contributed by atoms with Crippen LogP contribution in [0.15, 0.2) is 24.4 Å². The van der Waals surface area contributed by atoms with E-state index in [1.165, 1.54) is 18.4 Å². The first-order chi connectivity index (χ1) is 9.19. The molecule has 3 rings (SSSR count). The Morgan fingerprint density at radius 3 is 2.89 bits per heavy atom. The van der Waals surface area contributed by atoms with Crippen molar-refractivity contribution in [2.24, 2.45) is 0 Å². The standard InChI is InChI=1S/C15H14ClNO2/c1-2-19-15(18)11-5-10-6-13(16)12(9-3-4-9)7-14(10)17-8-11/h5-9H,2-4H2,1H3. The lowest BCUT2D eigenvalue weighted by Gasteiger charge is -2.07. The number of carbonyl (C=O) groups is 1. The highest BCUT2D eigenvalue weighted by atomic mass is 35.5. The van der Waals surface area contributed by atoms with E-state index in [0.29, 0.717) is 18.1 Å². The molecule has 4 heteroatoms. The first kappa shape index (κ1) is 12.4. The summed E-state index contributed by atoms with van der Waals surface area (Å²) in [6.45, 7) is 2.14. The Balaban J connectivity index is 2.03. The number of aromatic nitrogens is 1. The Bertz CT molecular complexity index is 650. The lowest BCUT2D eigenvalue weighted by atomic mass is 10.1. The maximum absolute atomic E-state index is 11.7. The quantitative estimate of drug-likeness (QED) is 0.797. The fourth-order valence-electron chi connectivity index (χ4n) is 2.20. The van der Waals surface area contributed by atoms with Gasteiger partial charge in [0, 0.05) is 16.6 Å². The topological polar surface area (TPSA) is 39.2 Å². The normalized spacial score (nSPS) is 14.6. The molecule has 0 atom stereocenters. The minimum absolute atomic E-state index is 0.348. The summed E-state index contributed by atoms with van der Waals surface area (Å²) < 4.78 is 4.97. The number of hydrogen-bond donors (Lipinski definition) is 0. The summed E-state index contributed by atoms with van der Waals surface area (Å²) >= 11 is 6.29. The van der Waals surface area contributed by atoms with E-state index in [0.717, 1.165) is 15.9 Å². The Kier molecular flexibility index (Phi) is 3.15. The molecule has 98 valence electrons. The molecule has 0 bridgehead atoms. The fraction of sp³-hybridized carbons (Fsp3) is 0.333. The number of ether oxygens (including phenoxy) is 1. The number of esters is 1. The highest BCUT2D eigenvalue weighted by molar-refractivity contribution is 6.32. The zero-order valence-corrected chi connectivity index (χ0v) is 11.4. The average molecular weight is 276 g/mol. The van der Waals surface area contributed by atoms with Gasteiger partial charge in [-0.1, -0.05) is 11.6 Å². The molecule has 0 aliphatic heterocycles. The second-order valence-corrected chi connectivity index (χ2v) is 5.19. The molecular weight excluding hydrogens is 262 g/mol. The van der Waals surface area contributed by atoms with Gasteiger partial charge in [-0.2, -0.15) is 0 Å². The zero-order chi connectivity index (χ0) is 13.4. The second-order valence-electron chi connectivity index (χ2n) is 4.79. The summed E-state index contributed by atoms with van der Waals surface area (Å²) in [6, 6.07) is 5.70. The van der Waals surface area contributed by atoms with Crippen LogP contribution in [0.2, 0.25) is 5.02 Å². The molecule has 1 aliphatic rings. The third kappa shape index (κ3) is 2.43. The second kappa shape index (κ2) is 4.82. The molecule has 0 saturated heterocycles. The van der Waals surface area contributed by atoms with Crippen molar-refractivity contribution in [1.29, 1.82) is 0 Å². The van der Waals surface area contributed by atoms with Crippen LogP contribution < -0.4 is 0 Å². The molecule has 0 unspecified atom stereocenters. The number of halogens is 1. The van der Waals surface area contributed by atoms with Crippen LogP contribution in [0.3, 0.4) is 0 Å². The van der Waals surface area contributed by atoms with E-state index in [1.54, 1.807) is 19.2 Å². The van der Waals surface area contributed by atoms with E-state index in [4.69, 9.17) is 16.3 Å². The lowest BCUT2D eigenvalue weighted by molar-refractivity contribution is 0.0526. The molecular formula is C15H14ClNO2. The van der Waals surface area contributed by atoms with Gasteiger partial charge in [0.1, 0.15) is 0 Å². The van der Waals surface area contributed by atoms with Crippen molar-refractivity contribution in [3.8, 4) is 0 Å². The summed E-state index contributed by atoms with van der Waals surface area (Å²) in [7, 11) is 0. The summed E-state index contributed by atoms with van der Waals surface area (Å²) in [5.41, 5.74) is 2.51. The number of carbonyl (C=O) groups excluding carboxylic acids is 1. The van der Waals surface area contributed by atoms with Crippen molar-refractivity contribution in [3.63, 3.8) is 0 Å². The maximum atomic E-state index is 11.7. The van der Waals surface area contributed by atoms with E-state index < -0.39 is 0 Å². The van der Waals surface area contributed by atoms with Crippen LogP contribution in [-0.4, -0.2) is 17.6 Å². The molecule has 1 fully saturated rings. The van der Waals surface area contributed by atoms with Crippen molar-refractivity contribution < 1.29 is 9.53 Å². The van der Waals surface area contributed by atoms with Gasteiger partial charge < -0.3 is 4.74 Å². The van der Waals surface area contributed by atoms with E-state index in [-0.39, 0.29) is 5.97 Å². The fourth-order valence-corrected chi connectivity index (χ4v) is 2.52. The molecule has 1 aromatic carbocycles. The number of nitrogens with zero attached hydrogens (tertiary/aromatic N) is 1. The third-order valence-electron chi connectivity index (χ3n) is 3.33. The van der Waals surface area contributed by atoms with Crippen LogP contribution in [0.5, 0.6) is 0 Å². The predicted molar refractivity (Wildman–Crippen MR) is 74.7 cm³/mol. The zero-order valence-electron chi connectivity index (χ0n) is 10.6. The van der Waals surface area contributed by atoms with E-state index >= 15 is 0 Å². The highest BCUT2D eigenvalue weighted by Gasteiger charge is 2.26. The number of rotatable bonds is 3. The van der Waals surface area contributed by atoms with Crippen molar-refractivity contribution in [2.75, 3.05) is 6.61 Å². The molecule has 1 saturated carbocycles. The van der Waals surface area contributed by atoms with Crippen LogP contribution in [0.4, 0.5) is 0 Å². The number of benzene rings is 1. The van der Waals surface area contributed by atoms with Crippen molar-refractivity contribution >= 4 is 28.5 Å². The Morgan fingerprint density at radius 1 is 1.42 bits per heavy atom. The highest BCUT2D eigenvalue weighted by Crippen LogP contribution is 2.44. The molecule has 0 spiro atoms. The Labute approximate surface area is 116 Å². The van der Waals surface area contributed by atoms with Gasteiger partial charge in [0.05, 0.1) is 17.7 Å². The average Bonchev–Trinajstić information content (AvgIpc) is 3.22. The summed E-state index contributed by atoms with van der Waals surface area (Å²) in [4.78, 5) is 16.0. The molecule has 1 aromatic heterocycles. The minimum Gasteiger partial charge on any atom is -0.462 e. The van der Waals surface area contributed by atoms with Gasteiger partial charge in [-0.05, 0) is 49.4 Å². The van der Waals surface area contributed by atoms with Gasteiger partial charge in [0.2, 0.25) is 0 Å². The molecule has 1 aliphatic carbocycles. The Hall–Kier alpha value is -1.61. The molecule has 0 amide bonds. The Morgan fingerprint density at radius 2 is 2.21 bits per heavy atom. The predicted octanol–water partition coefficient (Wildman–Crippen LogP) is 3.94. The van der Waals surface area contributed by atoms with E-state index in [1.807, 2.05) is 12.1 Å². The molecule has 0 N–H and O–H groups in total. The minimum atomic E-state index is -0.348. The molecule has 2 aromatic rings. The number of pyridine rings is 1. The van der Waals surface area contributed by atoms with Crippen LogP contribution in [-0.2, 0) is 4.74 Å². The molecule has 19 heavy (non-hydrogen) atoms. The first-order valence-electron chi connectivity index (χ1n) is 6.45. The van der Waals surface area contributed by atoms with Crippen LogP contribution in [0, 0.1) is 0 Å². The number of fused-ring (bicyclic) bond motifs is 1. The SMILES string of the molecule is CCOC(=O)c1cnc2cc(C3CC3)c(Cl)cc2c1. The van der Waals surface area contributed by atoms with Gasteiger partial charge >= 0.3 is 5.97 Å². The van der Waals surface area contributed by atoms with Crippen LogP contribution in [0.1, 0.15) is 41.6 Å². The van der Waals surface area contributed by atoms with Crippen molar-refractivity contribution in [3.05, 3.63) is 40.5 Å². The van der Waals surface area contributed by atoms with Gasteiger partial charge in [-0.25, -0.2) is 4.79 Å². The number of hydrogen-bond acceptors (Lipinski definition) is 3. The van der Waals surface area contributed by atoms with Gasteiger partial charge in [0.25, 0.3) is 0 Å². The van der Waals surface area contributed by atoms with Gasteiger partial charge in [0.15, 0.2) is 0 Å². The molecule has 0 radical (unpaired) electrons. The lowest BCUT2D eigenvalue weighted by Crippen LogP contribution is -2.05. The van der Waals surface area contributed by atoms with Crippen LogP contribution >= 0.6 is 11.6 Å². The van der Waals surface area contributed by atoms with Crippen molar-refractivity contribution in [1.82, 2.24) is 4.98 Å². The third-order valence-corrected chi connectivity index (χ3v) is 3.66. The monoisotopic (exact) mass is 275 g/mol.